The van der Waals surface area contributed by atoms with E-state index in [1.807, 2.05) is 60.7 Å². The van der Waals surface area contributed by atoms with E-state index in [0.29, 0.717) is 11.2 Å². The van der Waals surface area contributed by atoms with Crippen molar-refractivity contribution < 1.29 is 0 Å². The van der Waals surface area contributed by atoms with Crippen molar-refractivity contribution in [2.75, 3.05) is 0 Å². The Bertz CT molecular complexity index is 1640. The van der Waals surface area contributed by atoms with Gasteiger partial charge in [-0.3, -0.25) is 9.20 Å². The number of thioether (sulfide) groups is 1. The van der Waals surface area contributed by atoms with Gasteiger partial charge in [0.1, 0.15) is 0 Å². The lowest BCUT2D eigenvalue weighted by Gasteiger charge is -2.22. The van der Waals surface area contributed by atoms with Crippen LogP contribution in [0.5, 0.6) is 0 Å². The van der Waals surface area contributed by atoms with Gasteiger partial charge < -0.3 is 0 Å². The van der Waals surface area contributed by atoms with Crippen LogP contribution in [0.1, 0.15) is 54.2 Å². The summed E-state index contributed by atoms with van der Waals surface area (Å²) in [5, 5.41) is 10.6. The van der Waals surface area contributed by atoms with Crippen LogP contribution in [0.3, 0.4) is 0 Å². The molecule has 0 saturated carbocycles. The fourth-order valence-corrected chi connectivity index (χ4v) is 6.06. The minimum absolute atomic E-state index is 0.0797. The quantitative estimate of drug-likeness (QED) is 0.255. The van der Waals surface area contributed by atoms with E-state index in [9.17, 15) is 4.79 Å². The van der Waals surface area contributed by atoms with Crippen LogP contribution >= 0.6 is 11.8 Å². The predicted octanol–water partition coefficient (Wildman–Crippen LogP) is 6.86. The van der Waals surface area contributed by atoms with E-state index in [1.54, 1.807) is 16.3 Å². The summed E-state index contributed by atoms with van der Waals surface area (Å²) in [7, 11) is 0. The molecule has 2 aromatic heterocycles. The number of nitrogens with zero attached hydrogens (tertiary/aromatic N) is 4. The average Bonchev–Trinajstić information content (AvgIpc) is 3.23. The Hall–Kier alpha value is -3.38. The van der Waals surface area contributed by atoms with Gasteiger partial charge in [-0.25, -0.2) is 4.57 Å². The minimum atomic E-state index is -0.0797. The first kappa shape index (κ1) is 24.3. The van der Waals surface area contributed by atoms with E-state index < -0.39 is 0 Å². The molecule has 0 spiro atoms. The first-order chi connectivity index (χ1) is 17.1. The zero-order chi connectivity index (χ0) is 25.8. The molecule has 0 unspecified atom stereocenters. The minimum Gasteiger partial charge on any atom is -0.268 e. The van der Waals surface area contributed by atoms with Gasteiger partial charge in [0.2, 0.25) is 5.78 Å². The fraction of sp³-hybridized carbons (Fsp3) is 0.300. The third kappa shape index (κ3) is 4.03. The Morgan fingerprint density at radius 2 is 1.47 bits per heavy atom. The monoisotopic (exact) mass is 496 g/mol. The normalized spacial score (nSPS) is 12.1. The van der Waals surface area contributed by atoms with Gasteiger partial charge >= 0.3 is 0 Å². The average molecular weight is 497 g/mol. The van der Waals surface area contributed by atoms with Crippen LogP contribution in [-0.2, 0) is 11.2 Å². The number of aryl methyl sites for hydroxylation is 4. The highest BCUT2D eigenvalue weighted by Crippen LogP contribution is 2.32. The lowest BCUT2D eigenvalue weighted by Crippen LogP contribution is -2.23. The first-order valence-electron chi connectivity index (χ1n) is 12.3. The van der Waals surface area contributed by atoms with Crippen molar-refractivity contribution in [3.63, 3.8) is 0 Å². The van der Waals surface area contributed by atoms with Crippen LogP contribution in [0.25, 0.3) is 22.4 Å². The molecule has 0 N–H and O–H groups in total. The summed E-state index contributed by atoms with van der Waals surface area (Å²) < 4.78 is 3.75. The maximum absolute atomic E-state index is 13.7. The van der Waals surface area contributed by atoms with Crippen molar-refractivity contribution in [1.29, 1.82) is 0 Å². The number of benzene rings is 3. The Morgan fingerprint density at radius 1 is 0.833 bits per heavy atom. The fourth-order valence-electron chi connectivity index (χ4n) is 4.92. The zero-order valence-electron chi connectivity index (χ0n) is 22.0. The van der Waals surface area contributed by atoms with E-state index in [4.69, 9.17) is 0 Å². The molecule has 6 heteroatoms. The SMILES string of the molecule is Cc1cc(C(C)(C)C)cc(C)c1CSc1nnc2n(-c3c(C)cccc3C)c(=O)c3ccccc3n12. The van der Waals surface area contributed by atoms with Gasteiger partial charge in [0.25, 0.3) is 5.56 Å². The van der Waals surface area contributed by atoms with Gasteiger partial charge in [0.05, 0.1) is 16.6 Å². The van der Waals surface area contributed by atoms with Crippen LogP contribution in [0.4, 0.5) is 0 Å². The van der Waals surface area contributed by atoms with Crippen molar-refractivity contribution in [2.24, 2.45) is 0 Å². The molecule has 5 rings (SSSR count). The van der Waals surface area contributed by atoms with Gasteiger partial charge in [-0.15, -0.1) is 10.2 Å². The number of hydrogen-bond acceptors (Lipinski definition) is 4. The maximum atomic E-state index is 13.7. The van der Waals surface area contributed by atoms with Crippen LogP contribution in [-0.4, -0.2) is 19.2 Å². The second-order valence-electron chi connectivity index (χ2n) is 10.6. The van der Waals surface area contributed by atoms with Gasteiger partial charge in [-0.05, 0) is 78.6 Å². The molecule has 0 aliphatic carbocycles. The standard InChI is InChI=1S/C30H32N4OS/c1-18-11-10-12-19(2)26(18)34-27(35)23-13-8-9-14-25(23)33-28(34)31-32-29(33)36-17-24-20(3)15-22(16-21(24)4)30(5,6)7/h8-16H,17H2,1-7H3. The lowest BCUT2D eigenvalue weighted by molar-refractivity contribution is 0.589. The van der Waals surface area contributed by atoms with Crippen molar-refractivity contribution >= 4 is 28.4 Å². The van der Waals surface area contributed by atoms with Crippen molar-refractivity contribution in [3.8, 4) is 5.69 Å². The van der Waals surface area contributed by atoms with Gasteiger partial charge in [-0.2, -0.15) is 0 Å². The molecule has 5 aromatic rings. The number of para-hydroxylation sites is 2. The summed E-state index contributed by atoms with van der Waals surface area (Å²) in [6.45, 7) is 15.2. The molecule has 2 heterocycles. The van der Waals surface area contributed by atoms with Crippen LogP contribution in [0, 0.1) is 27.7 Å². The smallest absolute Gasteiger partial charge is 0.267 e. The van der Waals surface area contributed by atoms with Crippen molar-refractivity contribution in [1.82, 2.24) is 19.2 Å². The maximum Gasteiger partial charge on any atom is 0.267 e. The summed E-state index contributed by atoms with van der Waals surface area (Å²) in [5.74, 6) is 1.31. The molecular formula is C30H32N4OS. The number of rotatable bonds is 4. The summed E-state index contributed by atoms with van der Waals surface area (Å²) in [4.78, 5) is 13.7. The largest absolute Gasteiger partial charge is 0.268 e. The molecule has 3 aromatic carbocycles. The molecule has 0 bridgehead atoms. The van der Waals surface area contributed by atoms with E-state index in [-0.39, 0.29) is 11.0 Å². The predicted molar refractivity (Wildman–Crippen MR) is 150 cm³/mol. The molecule has 0 fully saturated rings. The summed E-state index contributed by atoms with van der Waals surface area (Å²) >= 11 is 1.66. The second kappa shape index (κ2) is 8.93. The van der Waals surface area contributed by atoms with Gasteiger partial charge in [0.15, 0.2) is 5.16 Å². The van der Waals surface area contributed by atoms with E-state index >= 15 is 0 Å². The van der Waals surface area contributed by atoms with Gasteiger partial charge in [-0.1, -0.05) is 75.0 Å². The van der Waals surface area contributed by atoms with Crippen LogP contribution in [0.15, 0.2) is 64.5 Å². The molecule has 0 atom stereocenters. The molecule has 184 valence electrons. The number of fused-ring (bicyclic) bond motifs is 3. The Balaban J connectivity index is 1.67. The van der Waals surface area contributed by atoms with Crippen molar-refractivity contribution in [3.05, 3.63) is 98.3 Å². The first-order valence-corrected chi connectivity index (χ1v) is 13.3. The second-order valence-corrected chi connectivity index (χ2v) is 11.6. The molecule has 0 amide bonds. The summed E-state index contributed by atoms with van der Waals surface area (Å²) in [6.07, 6.45) is 0. The van der Waals surface area contributed by atoms with Gasteiger partial charge in [0, 0.05) is 5.75 Å². The zero-order valence-corrected chi connectivity index (χ0v) is 22.8. The molecular weight excluding hydrogens is 464 g/mol. The molecule has 0 saturated heterocycles. The van der Waals surface area contributed by atoms with E-state index in [2.05, 4.69) is 56.9 Å². The molecule has 5 nitrogen and oxygen atoms in total. The van der Waals surface area contributed by atoms with E-state index in [0.717, 1.165) is 33.2 Å². The Kier molecular flexibility index (Phi) is 6.03. The topological polar surface area (TPSA) is 52.2 Å². The number of hydrogen-bond donors (Lipinski definition) is 0. The Labute approximate surface area is 216 Å². The number of aromatic nitrogens is 4. The molecule has 0 radical (unpaired) electrons. The lowest BCUT2D eigenvalue weighted by atomic mass is 9.84. The molecule has 0 aliphatic heterocycles. The summed E-state index contributed by atoms with van der Waals surface area (Å²) in [6, 6.07) is 18.4. The third-order valence-corrected chi connectivity index (χ3v) is 7.92. The van der Waals surface area contributed by atoms with Crippen LogP contribution < -0.4 is 5.56 Å². The van der Waals surface area contributed by atoms with Crippen LogP contribution in [0.2, 0.25) is 0 Å². The van der Waals surface area contributed by atoms with E-state index in [1.165, 1.54) is 22.3 Å². The highest BCUT2D eigenvalue weighted by molar-refractivity contribution is 7.98. The molecule has 36 heavy (non-hydrogen) atoms. The molecule has 0 aliphatic rings. The third-order valence-electron chi connectivity index (χ3n) is 6.97. The van der Waals surface area contributed by atoms with Crippen molar-refractivity contribution in [2.45, 2.75) is 64.8 Å². The highest BCUT2D eigenvalue weighted by Gasteiger charge is 2.21. The summed E-state index contributed by atoms with van der Waals surface area (Å²) in [5.41, 5.74) is 9.02. The highest BCUT2D eigenvalue weighted by atomic mass is 32.2. The Morgan fingerprint density at radius 3 is 2.11 bits per heavy atom.